The number of sulfonamides is 1. The average Bonchev–Trinajstić information content (AvgIpc) is 2.90. The maximum atomic E-state index is 15.0. The molecule has 1 aromatic heterocycles. The first-order valence-corrected chi connectivity index (χ1v) is 14.5. The molecule has 224 valence electrons. The van der Waals surface area contributed by atoms with E-state index in [-0.39, 0.29) is 73.2 Å². The first-order chi connectivity index (χ1) is 19.3. The Balaban J connectivity index is 1.64. The molecule has 2 saturated heterocycles. The highest BCUT2D eigenvalue weighted by molar-refractivity contribution is 7.92. The van der Waals surface area contributed by atoms with Gasteiger partial charge < -0.3 is 20.2 Å². The van der Waals surface area contributed by atoms with Gasteiger partial charge in [0, 0.05) is 39.0 Å². The molecule has 41 heavy (non-hydrogen) atoms. The summed E-state index contributed by atoms with van der Waals surface area (Å²) in [5.74, 6) is -5.63. The van der Waals surface area contributed by atoms with Crippen LogP contribution in [0.15, 0.2) is 29.9 Å². The second-order valence-electron chi connectivity index (χ2n) is 9.80. The highest BCUT2D eigenvalue weighted by atomic mass is 32.2. The third-order valence-electron chi connectivity index (χ3n) is 6.87. The van der Waals surface area contributed by atoms with Crippen molar-refractivity contribution in [2.45, 2.75) is 38.5 Å². The quantitative estimate of drug-likeness (QED) is 0.388. The van der Waals surface area contributed by atoms with Crippen LogP contribution >= 0.6 is 0 Å². The largest absolute Gasteiger partial charge is 0.395 e. The maximum absolute atomic E-state index is 15.0. The molecule has 0 atom stereocenters. The Morgan fingerprint density at radius 3 is 2.34 bits per heavy atom. The number of anilines is 4. The summed E-state index contributed by atoms with van der Waals surface area (Å²) in [6.07, 6.45) is -2.59. The van der Waals surface area contributed by atoms with Gasteiger partial charge in [-0.25, -0.2) is 26.6 Å². The summed E-state index contributed by atoms with van der Waals surface area (Å²) >= 11 is 0. The zero-order chi connectivity index (χ0) is 29.9. The lowest BCUT2D eigenvalue weighted by Crippen LogP contribution is -2.40. The summed E-state index contributed by atoms with van der Waals surface area (Å²) in [5.41, 5.74) is 0.123. The van der Waals surface area contributed by atoms with E-state index < -0.39 is 64.8 Å². The standard InChI is InChI=1S/C25H29F5N6O4S/c1-15-20(26)22(33-24(31-15)36-10-6-25(29,30)7-11-36)32-23(38)18-3-2-17(34-41(39,40)13-12-37)14-19(18)35-8-4-16(5-9-35)21(27)28/h2-3,14,34,37H,4-13H2,1H3,(H,31,32,33,38). The van der Waals surface area contributed by atoms with E-state index in [1.54, 1.807) is 4.90 Å². The number of nitrogens with zero attached hydrogens (tertiary/aromatic N) is 4. The molecular formula is C25H29F5N6O4S. The summed E-state index contributed by atoms with van der Waals surface area (Å²) in [4.78, 5) is 24.6. The highest BCUT2D eigenvalue weighted by Crippen LogP contribution is 2.33. The van der Waals surface area contributed by atoms with Crippen LogP contribution < -0.4 is 19.8 Å². The van der Waals surface area contributed by atoms with E-state index in [9.17, 15) is 35.2 Å². The number of carbonyl (C=O) groups is 1. The van der Waals surface area contributed by atoms with Crippen molar-refractivity contribution in [3.05, 3.63) is 46.9 Å². The van der Waals surface area contributed by atoms with Crippen LogP contribution in [0.2, 0.25) is 0 Å². The van der Waals surface area contributed by atoms with E-state index in [0.29, 0.717) is 0 Å². The van der Waals surface area contributed by atoms with Crippen LogP contribution in [0.5, 0.6) is 0 Å². The summed E-state index contributed by atoms with van der Waals surface area (Å²) < 4.78 is 95.1. The molecule has 2 aliphatic rings. The van der Waals surface area contributed by atoms with Crippen molar-refractivity contribution in [3.8, 4) is 0 Å². The van der Waals surface area contributed by atoms with Gasteiger partial charge >= 0.3 is 0 Å². The van der Waals surface area contributed by atoms with Crippen LogP contribution in [0.4, 0.5) is 45.1 Å². The zero-order valence-electron chi connectivity index (χ0n) is 22.1. The van der Waals surface area contributed by atoms with Gasteiger partial charge in [-0.1, -0.05) is 0 Å². The van der Waals surface area contributed by atoms with Gasteiger partial charge in [-0.2, -0.15) is 13.8 Å². The fraction of sp³-hybridized carbons (Fsp3) is 0.480. The Hall–Kier alpha value is -3.53. The van der Waals surface area contributed by atoms with E-state index in [1.807, 2.05) is 0 Å². The Morgan fingerprint density at radius 1 is 1.07 bits per heavy atom. The number of rotatable bonds is 8. The molecule has 16 heteroatoms. The average molecular weight is 605 g/mol. The van der Waals surface area contributed by atoms with Gasteiger partial charge in [0.2, 0.25) is 16.0 Å². The smallest absolute Gasteiger partial charge is 0.269 e. The first-order valence-electron chi connectivity index (χ1n) is 12.8. The van der Waals surface area contributed by atoms with Gasteiger partial charge in [-0.15, -0.1) is 0 Å². The van der Waals surface area contributed by atoms with Gasteiger partial charge in [-0.3, -0.25) is 9.52 Å². The minimum atomic E-state index is -3.91. The normalized spacial score (nSPS) is 17.4. The number of alkyl halides is 2. The van der Waals surface area contributed by atoms with Crippen molar-refractivity contribution in [1.82, 2.24) is 9.97 Å². The molecule has 1 amide bonds. The van der Waals surface area contributed by atoms with Crippen molar-refractivity contribution in [1.29, 1.82) is 0 Å². The number of aliphatic hydroxyl groups excluding tert-OH is 1. The molecule has 2 fully saturated rings. The molecule has 2 aromatic rings. The number of nitrogens with one attached hydrogen (secondary N) is 2. The second kappa shape index (κ2) is 12.1. The van der Waals surface area contributed by atoms with Crippen LogP contribution in [0.3, 0.4) is 0 Å². The highest BCUT2D eigenvalue weighted by Gasteiger charge is 2.35. The molecule has 0 spiro atoms. The molecule has 0 aliphatic carbocycles. The van der Waals surface area contributed by atoms with E-state index in [1.165, 1.54) is 30.0 Å². The van der Waals surface area contributed by atoms with E-state index in [4.69, 9.17) is 5.11 Å². The molecule has 10 nitrogen and oxygen atoms in total. The Labute approximate surface area is 233 Å². The number of aryl methyl sites for hydroxylation is 1. The fourth-order valence-electron chi connectivity index (χ4n) is 4.58. The van der Waals surface area contributed by atoms with Crippen molar-refractivity contribution in [3.63, 3.8) is 0 Å². The molecule has 2 aliphatic heterocycles. The first kappa shape index (κ1) is 30.4. The molecule has 1 aromatic carbocycles. The zero-order valence-corrected chi connectivity index (χ0v) is 22.9. The van der Waals surface area contributed by atoms with E-state index in [2.05, 4.69) is 20.0 Å². The van der Waals surface area contributed by atoms with Gasteiger partial charge in [0.15, 0.2) is 11.6 Å². The third kappa shape index (κ3) is 7.41. The van der Waals surface area contributed by atoms with Gasteiger partial charge in [-0.05, 0) is 43.5 Å². The van der Waals surface area contributed by atoms with Crippen molar-refractivity contribution in [2.24, 2.45) is 0 Å². The number of amides is 1. The van der Waals surface area contributed by atoms with Crippen LogP contribution in [0, 0.1) is 12.7 Å². The Kier molecular flexibility index (Phi) is 9.01. The number of aliphatic hydroxyl groups is 1. The van der Waals surface area contributed by atoms with Gasteiger partial charge in [0.05, 0.1) is 35.0 Å². The predicted octanol–water partition coefficient (Wildman–Crippen LogP) is 3.90. The summed E-state index contributed by atoms with van der Waals surface area (Å²) in [7, 11) is -3.91. The molecule has 4 rings (SSSR count). The number of hydrogen-bond donors (Lipinski definition) is 3. The minimum absolute atomic E-state index is 0.0157. The number of carbonyl (C=O) groups excluding carboxylic acids is 1. The summed E-state index contributed by atoms with van der Waals surface area (Å²) in [5, 5.41) is 11.4. The maximum Gasteiger partial charge on any atom is 0.269 e. The van der Waals surface area contributed by atoms with Gasteiger partial charge in [0.25, 0.3) is 17.9 Å². The second-order valence-corrected chi connectivity index (χ2v) is 11.6. The SMILES string of the molecule is Cc1nc(N2CCC(F)(F)CC2)nc(NC(=O)c2ccc(NS(=O)(=O)CCO)cc2N2CCC(=C(F)F)CC2)c1F. The molecule has 0 unspecified atom stereocenters. The summed E-state index contributed by atoms with van der Waals surface area (Å²) in [6.45, 7) is 0.804. The monoisotopic (exact) mass is 604 g/mol. The molecule has 0 saturated carbocycles. The Bertz CT molecular complexity index is 1430. The summed E-state index contributed by atoms with van der Waals surface area (Å²) in [6, 6.07) is 3.94. The number of aromatic nitrogens is 2. The molecule has 3 N–H and O–H groups in total. The van der Waals surface area contributed by atoms with E-state index >= 15 is 0 Å². The number of benzene rings is 1. The third-order valence-corrected chi connectivity index (χ3v) is 8.13. The number of halogens is 5. The minimum Gasteiger partial charge on any atom is -0.395 e. The molecule has 3 heterocycles. The lowest BCUT2D eigenvalue weighted by atomic mass is 10.0. The predicted molar refractivity (Wildman–Crippen MR) is 143 cm³/mol. The molecular weight excluding hydrogens is 575 g/mol. The lowest BCUT2D eigenvalue weighted by molar-refractivity contribution is -0.0222. The van der Waals surface area contributed by atoms with Crippen molar-refractivity contribution in [2.75, 3.05) is 58.4 Å². The van der Waals surface area contributed by atoms with Crippen LogP contribution in [0.1, 0.15) is 41.7 Å². The van der Waals surface area contributed by atoms with Crippen molar-refractivity contribution >= 4 is 39.1 Å². The van der Waals surface area contributed by atoms with Crippen LogP contribution in [-0.2, 0) is 10.0 Å². The van der Waals surface area contributed by atoms with Crippen LogP contribution in [-0.4, -0.2) is 73.9 Å². The van der Waals surface area contributed by atoms with Crippen molar-refractivity contribution < 1.29 is 40.3 Å². The topological polar surface area (TPSA) is 128 Å². The van der Waals surface area contributed by atoms with E-state index in [0.717, 1.165) is 0 Å². The van der Waals surface area contributed by atoms with Crippen LogP contribution in [0.25, 0.3) is 0 Å². The number of piperidine rings is 2. The molecule has 0 radical (unpaired) electrons. The molecule has 0 bridgehead atoms. The fourth-order valence-corrected chi connectivity index (χ4v) is 5.41. The number of hydrogen-bond acceptors (Lipinski definition) is 8. The van der Waals surface area contributed by atoms with Gasteiger partial charge in [0.1, 0.15) is 0 Å². The lowest BCUT2D eigenvalue weighted by Gasteiger charge is -2.32. The Morgan fingerprint density at radius 2 is 1.73 bits per heavy atom.